The molecule has 0 saturated carbocycles. The van der Waals surface area contributed by atoms with E-state index in [1.165, 1.54) is 13.0 Å². The van der Waals surface area contributed by atoms with Crippen LogP contribution in [-0.4, -0.2) is 17.9 Å². The van der Waals surface area contributed by atoms with Crippen molar-refractivity contribution >= 4 is 16.7 Å². The lowest BCUT2D eigenvalue weighted by Crippen LogP contribution is -2.07. The molecule has 0 unspecified atom stereocenters. The van der Waals surface area contributed by atoms with E-state index in [2.05, 4.69) is 4.98 Å². The zero-order valence-electron chi connectivity index (χ0n) is 9.03. The van der Waals surface area contributed by atoms with E-state index in [0.717, 1.165) is 0 Å². The Morgan fingerprint density at radius 3 is 2.69 bits per heavy atom. The summed E-state index contributed by atoms with van der Waals surface area (Å²) in [5.41, 5.74) is 0.754. The second-order valence-corrected chi connectivity index (χ2v) is 3.51. The normalized spacial score (nSPS) is 10.4. The van der Waals surface area contributed by atoms with Crippen molar-refractivity contribution in [1.29, 1.82) is 0 Å². The van der Waals surface area contributed by atoms with Gasteiger partial charge in [0.15, 0.2) is 11.2 Å². The molecule has 0 aliphatic rings. The Hall–Kier alpha value is -2.10. The topological polar surface area (TPSA) is 59.2 Å². The Morgan fingerprint density at radius 2 is 2.06 bits per heavy atom. The fourth-order valence-corrected chi connectivity index (χ4v) is 1.55. The third kappa shape index (κ3) is 1.69. The van der Waals surface area contributed by atoms with E-state index in [9.17, 15) is 9.59 Å². The first-order valence-electron chi connectivity index (χ1n) is 4.84. The highest BCUT2D eigenvalue weighted by Gasteiger charge is 2.06. The number of methoxy groups -OCH3 is 1. The van der Waals surface area contributed by atoms with Crippen molar-refractivity contribution in [3.63, 3.8) is 0 Å². The number of ketones is 1. The molecule has 2 rings (SSSR count). The Bertz CT molecular complexity index is 613. The van der Waals surface area contributed by atoms with E-state index in [-0.39, 0.29) is 11.2 Å². The average Bonchev–Trinajstić information content (AvgIpc) is 2.28. The van der Waals surface area contributed by atoms with E-state index in [0.29, 0.717) is 22.3 Å². The number of hydrogen-bond donors (Lipinski definition) is 1. The quantitative estimate of drug-likeness (QED) is 0.779. The first-order valence-corrected chi connectivity index (χ1v) is 4.84. The number of nitrogens with one attached hydrogen (secondary N) is 1. The van der Waals surface area contributed by atoms with Crippen LogP contribution < -0.4 is 10.2 Å². The maximum atomic E-state index is 11.7. The number of ether oxygens (including phenoxy) is 1. The standard InChI is InChI=1S/C12H11NO3/c1-7(14)10-6-12(15)9-4-3-8(16-2)5-11(9)13-10/h3-6H,1-2H3,(H,13,15). The molecule has 1 aromatic carbocycles. The molecule has 0 spiro atoms. The third-order valence-electron chi connectivity index (χ3n) is 2.42. The summed E-state index contributed by atoms with van der Waals surface area (Å²) in [5, 5.41) is 0.547. The minimum absolute atomic E-state index is 0.165. The van der Waals surface area contributed by atoms with E-state index >= 15 is 0 Å². The van der Waals surface area contributed by atoms with Gasteiger partial charge in [-0.1, -0.05) is 0 Å². The van der Waals surface area contributed by atoms with Gasteiger partial charge in [-0.05, 0) is 12.1 Å². The minimum atomic E-state index is -0.165. The monoisotopic (exact) mass is 217 g/mol. The molecule has 2 aromatic rings. The predicted molar refractivity (Wildman–Crippen MR) is 61.1 cm³/mol. The number of rotatable bonds is 2. The molecular weight excluding hydrogens is 206 g/mol. The number of aromatic amines is 1. The molecule has 0 bridgehead atoms. The van der Waals surface area contributed by atoms with Gasteiger partial charge in [-0.15, -0.1) is 0 Å². The van der Waals surface area contributed by atoms with Crippen LogP contribution in [0.5, 0.6) is 5.75 Å². The minimum Gasteiger partial charge on any atom is -0.497 e. The molecule has 0 radical (unpaired) electrons. The van der Waals surface area contributed by atoms with Gasteiger partial charge in [0.25, 0.3) is 0 Å². The number of hydrogen-bond acceptors (Lipinski definition) is 3. The maximum absolute atomic E-state index is 11.7. The number of aromatic nitrogens is 1. The lowest BCUT2D eigenvalue weighted by molar-refractivity contribution is 0.101. The largest absolute Gasteiger partial charge is 0.497 e. The van der Waals surface area contributed by atoms with Crippen molar-refractivity contribution in [2.75, 3.05) is 7.11 Å². The molecule has 0 saturated heterocycles. The fourth-order valence-electron chi connectivity index (χ4n) is 1.55. The van der Waals surface area contributed by atoms with Gasteiger partial charge >= 0.3 is 0 Å². The number of carbonyl (C=O) groups is 1. The molecule has 0 aliphatic heterocycles. The summed E-state index contributed by atoms with van der Waals surface area (Å²) in [4.78, 5) is 25.8. The molecule has 16 heavy (non-hydrogen) atoms. The fraction of sp³-hybridized carbons (Fsp3) is 0.167. The van der Waals surface area contributed by atoms with Gasteiger partial charge in [0.1, 0.15) is 5.75 Å². The van der Waals surface area contributed by atoms with Crippen LogP contribution in [0.15, 0.2) is 29.1 Å². The number of pyridine rings is 1. The SMILES string of the molecule is COc1ccc2c(=O)cc(C(C)=O)[nH]c2c1. The van der Waals surface area contributed by atoms with Crippen molar-refractivity contribution in [1.82, 2.24) is 4.98 Å². The maximum Gasteiger partial charge on any atom is 0.190 e. The molecular formula is C12H11NO3. The highest BCUT2D eigenvalue weighted by Crippen LogP contribution is 2.16. The zero-order valence-corrected chi connectivity index (χ0v) is 9.03. The van der Waals surface area contributed by atoms with Gasteiger partial charge in [-0.3, -0.25) is 9.59 Å². The van der Waals surface area contributed by atoms with Crippen LogP contribution in [0.2, 0.25) is 0 Å². The summed E-state index contributed by atoms with van der Waals surface area (Å²) in [7, 11) is 1.55. The Balaban J connectivity index is 2.78. The zero-order chi connectivity index (χ0) is 11.7. The van der Waals surface area contributed by atoms with E-state index in [4.69, 9.17) is 4.74 Å². The van der Waals surface area contributed by atoms with Gasteiger partial charge in [-0.25, -0.2) is 0 Å². The molecule has 1 N–H and O–H groups in total. The highest BCUT2D eigenvalue weighted by atomic mass is 16.5. The van der Waals surface area contributed by atoms with E-state index < -0.39 is 0 Å². The predicted octanol–water partition coefficient (Wildman–Crippen LogP) is 1.74. The first kappa shape index (κ1) is 10.4. The molecule has 4 heteroatoms. The molecule has 82 valence electrons. The summed E-state index contributed by atoms with van der Waals surface area (Å²) >= 11 is 0. The van der Waals surface area contributed by atoms with Gasteiger partial charge in [0.2, 0.25) is 0 Å². The van der Waals surface area contributed by atoms with Gasteiger partial charge < -0.3 is 9.72 Å². The van der Waals surface area contributed by atoms with Crippen LogP contribution in [0, 0.1) is 0 Å². The molecule has 0 amide bonds. The molecule has 4 nitrogen and oxygen atoms in total. The summed E-state index contributed by atoms with van der Waals surface area (Å²) in [6.07, 6.45) is 0. The molecule has 1 aromatic heterocycles. The Kier molecular flexibility index (Phi) is 2.48. The van der Waals surface area contributed by atoms with Crippen molar-refractivity contribution in [3.8, 4) is 5.75 Å². The van der Waals surface area contributed by atoms with Gasteiger partial charge in [0, 0.05) is 24.4 Å². The summed E-state index contributed by atoms with van der Waals surface area (Å²) in [6, 6.07) is 6.41. The Labute approximate surface area is 91.9 Å². The van der Waals surface area contributed by atoms with Gasteiger partial charge in [0.05, 0.1) is 18.3 Å². The van der Waals surface area contributed by atoms with Crippen molar-refractivity contribution in [3.05, 3.63) is 40.2 Å². The lowest BCUT2D eigenvalue weighted by Gasteiger charge is -2.03. The van der Waals surface area contributed by atoms with Crippen LogP contribution in [0.1, 0.15) is 17.4 Å². The molecule has 0 aliphatic carbocycles. The highest BCUT2D eigenvalue weighted by molar-refractivity contribution is 5.94. The van der Waals surface area contributed by atoms with Gasteiger partial charge in [-0.2, -0.15) is 0 Å². The first-order chi connectivity index (χ1) is 7.61. The van der Waals surface area contributed by atoms with Crippen LogP contribution >= 0.6 is 0 Å². The number of H-pyrrole nitrogens is 1. The van der Waals surface area contributed by atoms with Crippen LogP contribution in [0.25, 0.3) is 10.9 Å². The summed E-state index contributed by atoms with van der Waals surface area (Å²) in [5.74, 6) is 0.477. The molecule has 0 fully saturated rings. The second-order valence-electron chi connectivity index (χ2n) is 3.51. The number of fused-ring (bicyclic) bond motifs is 1. The third-order valence-corrected chi connectivity index (χ3v) is 2.42. The molecule has 0 atom stereocenters. The van der Waals surface area contributed by atoms with E-state index in [1.54, 1.807) is 25.3 Å². The summed E-state index contributed by atoms with van der Waals surface area (Å²) in [6.45, 7) is 1.41. The lowest BCUT2D eigenvalue weighted by atomic mass is 10.1. The van der Waals surface area contributed by atoms with Crippen LogP contribution in [0.3, 0.4) is 0 Å². The average molecular weight is 217 g/mol. The second kappa shape index (κ2) is 3.81. The number of Topliss-reactive ketones (excluding diaryl/α,β-unsaturated/α-hetero) is 1. The number of benzene rings is 1. The smallest absolute Gasteiger partial charge is 0.190 e. The van der Waals surface area contributed by atoms with Crippen molar-refractivity contribution in [2.45, 2.75) is 6.92 Å². The van der Waals surface area contributed by atoms with Crippen molar-refractivity contribution < 1.29 is 9.53 Å². The number of carbonyl (C=O) groups excluding carboxylic acids is 1. The van der Waals surface area contributed by atoms with Crippen LogP contribution in [0.4, 0.5) is 0 Å². The molecule has 1 heterocycles. The Morgan fingerprint density at radius 1 is 1.31 bits per heavy atom. The van der Waals surface area contributed by atoms with Crippen LogP contribution in [-0.2, 0) is 0 Å². The summed E-state index contributed by atoms with van der Waals surface area (Å²) < 4.78 is 5.06. The van der Waals surface area contributed by atoms with Crippen molar-refractivity contribution in [2.24, 2.45) is 0 Å². The van der Waals surface area contributed by atoms with E-state index in [1.807, 2.05) is 0 Å².